The van der Waals surface area contributed by atoms with Crippen LogP contribution in [0.5, 0.6) is 5.75 Å². The third-order valence-corrected chi connectivity index (χ3v) is 7.24. The lowest BCUT2D eigenvalue weighted by Crippen LogP contribution is -2.35. The quantitative estimate of drug-likeness (QED) is 0.369. The van der Waals surface area contributed by atoms with Crippen molar-refractivity contribution in [2.24, 2.45) is 14.1 Å². The van der Waals surface area contributed by atoms with Gasteiger partial charge in [0.15, 0.2) is 0 Å². The topological polar surface area (TPSA) is 88.2 Å². The smallest absolute Gasteiger partial charge is 0.356 e. The standard InChI is InChI=1S/C29H32N4O4/c1-16(2)19-10-18(11-24-26(19)33(6)28(35)32(24)5)20-13-29(3,4)37-25-12-23(31-15-21(20)25)17-8-9-22(30-14-17)27(34)36-7/h8-12,14-16,20H,13H2,1-7H3. The molecule has 4 heterocycles. The van der Waals surface area contributed by atoms with Crippen LogP contribution in [0.3, 0.4) is 0 Å². The van der Waals surface area contributed by atoms with E-state index in [9.17, 15) is 9.59 Å². The highest BCUT2D eigenvalue weighted by atomic mass is 16.5. The fourth-order valence-corrected chi connectivity index (χ4v) is 5.31. The van der Waals surface area contributed by atoms with Crippen molar-refractivity contribution in [2.45, 2.75) is 51.6 Å². The van der Waals surface area contributed by atoms with Crippen LogP contribution in [0.1, 0.15) is 73.1 Å². The Kier molecular flexibility index (Phi) is 5.93. The summed E-state index contributed by atoms with van der Waals surface area (Å²) in [4.78, 5) is 33.5. The number of ether oxygens (including phenoxy) is 2. The zero-order chi connectivity index (χ0) is 26.6. The Balaban J connectivity index is 1.63. The van der Waals surface area contributed by atoms with E-state index < -0.39 is 11.6 Å². The van der Waals surface area contributed by atoms with Crippen LogP contribution in [0.15, 0.2) is 47.5 Å². The van der Waals surface area contributed by atoms with E-state index >= 15 is 0 Å². The first-order valence-corrected chi connectivity index (χ1v) is 12.4. The molecule has 8 heteroatoms. The molecule has 0 fully saturated rings. The molecule has 1 aliphatic heterocycles. The Morgan fingerprint density at radius 3 is 2.51 bits per heavy atom. The van der Waals surface area contributed by atoms with Crippen molar-refractivity contribution in [3.63, 3.8) is 0 Å². The average molecular weight is 501 g/mol. The molecular formula is C29H32N4O4. The zero-order valence-electron chi connectivity index (χ0n) is 22.3. The molecule has 3 aromatic heterocycles. The third-order valence-electron chi connectivity index (χ3n) is 7.24. The predicted molar refractivity (Wildman–Crippen MR) is 142 cm³/mol. The number of methoxy groups -OCH3 is 1. The van der Waals surface area contributed by atoms with Gasteiger partial charge in [0.25, 0.3) is 0 Å². The molecule has 4 aromatic rings. The summed E-state index contributed by atoms with van der Waals surface area (Å²) < 4.78 is 14.6. The molecule has 0 amide bonds. The molecule has 0 spiro atoms. The molecule has 1 atom stereocenters. The predicted octanol–water partition coefficient (Wildman–Crippen LogP) is 4.94. The minimum atomic E-state index is -0.480. The van der Waals surface area contributed by atoms with Gasteiger partial charge in [-0.3, -0.25) is 14.1 Å². The van der Waals surface area contributed by atoms with Gasteiger partial charge in [0.2, 0.25) is 0 Å². The van der Waals surface area contributed by atoms with E-state index in [0.29, 0.717) is 5.69 Å². The lowest BCUT2D eigenvalue weighted by molar-refractivity contribution is 0.0594. The maximum atomic E-state index is 12.8. The van der Waals surface area contributed by atoms with E-state index in [-0.39, 0.29) is 23.2 Å². The molecule has 1 unspecified atom stereocenters. The van der Waals surface area contributed by atoms with Crippen molar-refractivity contribution in [2.75, 3.05) is 7.11 Å². The highest BCUT2D eigenvalue weighted by molar-refractivity contribution is 5.87. The maximum absolute atomic E-state index is 12.8. The van der Waals surface area contributed by atoms with Crippen LogP contribution in [-0.2, 0) is 18.8 Å². The van der Waals surface area contributed by atoms with Gasteiger partial charge in [0.05, 0.1) is 23.8 Å². The minimum absolute atomic E-state index is 0.0279. The van der Waals surface area contributed by atoms with Crippen molar-refractivity contribution in [3.8, 4) is 17.0 Å². The van der Waals surface area contributed by atoms with Crippen molar-refractivity contribution in [3.05, 3.63) is 75.6 Å². The van der Waals surface area contributed by atoms with Gasteiger partial charge >= 0.3 is 11.7 Å². The summed E-state index contributed by atoms with van der Waals surface area (Å²) in [5, 5.41) is 0. The Morgan fingerprint density at radius 2 is 1.86 bits per heavy atom. The first-order valence-electron chi connectivity index (χ1n) is 12.4. The summed E-state index contributed by atoms with van der Waals surface area (Å²) in [6.45, 7) is 8.50. The number of benzene rings is 1. The van der Waals surface area contributed by atoms with Crippen molar-refractivity contribution < 1.29 is 14.3 Å². The Labute approximate surface area is 215 Å². The molecular weight excluding hydrogens is 468 g/mol. The van der Waals surface area contributed by atoms with E-state index in [0.717, 1.165) is 45.5 Å². The van der Waals surface area contributed by atoms with Gasteiger partial charge in [-0.05, 0) is 55.5 Å². The van der Waals surface area contributed by atoms with Crippen molar-refractivity contribution in [1.82, 2.24) is 19.1 Å². The summed E-state index contributed by atoms with van der Waals surface area (Å²) in [6, 6.07) is 9.76. The highest BCUT2D eigenvalue weighted by Gasteiger charge is 2.36. The number of esters is 1. The van der Waals surface area contributed by atoms with Crippen LogP contribution in [0.25, 0.3) is 22.3 Å². The van der Waals surface area contributed by atoms with Crippen LogP contribution in [0.4, 0.5) is 0 Å². The van der Waals surface area contributed by atoms with E-state index in [1.807, 2.05) is 26.4 Å². The molecule has 0 aliphatic carbocycles. The number of aromatic nitrogens is 4. The van der Waals surface area contributed by atoms with Crippen LogP contribution < -0.4 is 10.4 Å². The number of fused-ring (bicyclic) bond motifs is 2. The van der Waals surface area contributed by atoms with Gasteiger partial charge < -0.3 is 9.47 Å². The molecule has 5 rings (SSSR count). The lowest BCUT2D eigenvalue weighted by Gasteiger charge is -2.38. The number of imidazole rings is 1. The first kappa shape index (κ1) is 24.7. The van der Waals surface area contributed by atoms with E-state index in [1.54, 1.807) is 27.5 Å². The second-order valence-corrected chi connectivity index (χ2v) is 10.7. The number of hydrogen-bond donors (Lipinski definition) is 0. The fourth-order valence-electron chi connectivity index (χ4n) is 5.31. The largest absolute Gasteiger partial charge is 0.487 e. The van der Waals surface area contributed by atoms with Gasteiger partial charge in [0, 0.05) is 49.6 Å². The number of carbonyl (C=O) groups excluding carboxylic acids is 1. The molecule has 1 aliphatic rings. The molecule has 0 radical (unpaired) electrons. The lowest BCUT2D eigenvalue weighted by atomic mass is 9.79. The second-order valence-electron chi connectivity index (χ2n) is 10.7. The van der Waals surface area contributed by atoms with Gasteiger partial charge in [0.1, 0.15) is 17.0 Å². The summed E-state index contributed by atoms with van der Waals surface area (Å²) in [5.74, 6) is 0.601. The molecule has 1 aromatic carbocycles. The average Bonchev–Trinajstić information content (AvgIpc) is 3.10. The Morgan fingerprint density at radius 1 is 1.11 bits per heavy atom. The molecule has 37 heavy (non-hydrogen) atoms. The zero-order valence-corrected chi connectivity index (χ0v) is 22.3. The number of rotatable bonds is 4. The number of nitrogens with zero attached hydrogens (tertiary/aromatic N) is 4. The molecule has 0 saturated heterocycles. The monoisotopic (exact) mass is 500 g/mol. The van der Waals surface area contributed by atoms with Crippen LogP contribution >= 0.6 is 0 Å². The van der Waals surface area contributed by atoms with Gasteiger partial charge in [-0.15, -0.1) is 0 Å². The molecule has 0 bridgehead atoms. The van der Waals surface area contributed by atoms with Gasteiger partial charge in [-0.1, -0.05) is 19.9 Å². The normalized spacial score (nSPS) is 16.5. The fraction of sp³-hybridized carbons (Fsp3) is 0.379. The number of hydrogen-bond acceptors (Lipinski definition) is 6. The molecule has 8 nitrogen and oxygen atoms in total. The number of pyridine rings is 2. The minimum Gasteiger partial charge on any atom is -0.487 e. The van der Waals surface area contributed by atoms with Gasteiger partial charge in [-0.25, -0.2) is 14.6 Å². The third kappa shape index (κ3) is 4.20. The number of carbonyl (C=O) groups is 1. The van der Waals surface area contributed by atoms with Gasteiger partial charge in [-0.2, -0.15) is 0 Å². The maximum Gasteiger partial charge on any atom is 0.356 e. The highest BCUT2D eigenvalue weighted by Crippen LogP contribution is 2.46. The molecule has 192 valence electrons. The van der Waals surface area contributed by atoms with E-state index in [4.69, 9.17) is 14.5 Å². The SMILES string of the molecule is COC(=O)c1ccc(-c2cc3c(cn2)C(c2cc(C(C)C)c4c(c2)n(C)c(=O)n4C)CC(C)(C)O3)cn1. The summed E-state index contributed by atoms with van der Waals surface area (Å²) in [7, 11) is 4.99. The Bertz CT molecular complexity index is 1580. The van der Waals surface area contributed by atoms with Crippen LogP contribution in [-0.4, -0.2) is 37.8 Å². The van der Waals surface area contributed by atoms with E-state index in [1.165, 1.54) is 7.11 Å². The molecule has 0 saturated carbocycles. The van der Waals surface area contributed by atoms with Crippen LogP contribution in [0.2, 0.25) is 0 Å². The summed E-state index contributed by atoms with van der Waals surface area (Å²) in [5.41, 5.74) is 6.53. The van der Waals surface area contributed by atoms with E-state index in [2.05, 4.69) is 44.8 Å². The van der Waals surface area contributed by atoms with Crippen LogP contribution in [0, 0.1) is 0 Å². The summed E-state index contributed by atoms with van der Waals surface area (Å²) in [6.07, 6.45) is 4.27. The summed E-state index contributed by atoms with van der Waals surface area (Å²) >= 11 is 0. The Hall–Kier alpha value is -3.94. The number of aryl methyl sites for hydroxylation is 2. The molecule has 0 N–H and O–H groups in total. The second kappa shape index (κ2) is 8.87. The van der Waals surface area contributed by atoms with Crippen molar-refractivity contribution >= 4 is 17.0 Å². The van der Waals surface area contributed by atoms with Crippen molar-refractivity contribution in [1.29, 1.82) is 0 Å². The first-order chi connectivity index (χ1) is 17.5.